The lowest BCUT2D eigenvalue weighted by Gasteiger charge is -2.28. The van der Waals surface area contributed by atoms with Gasteiger partial charge in [0.1, 0.15) is 5.82 Å². The topological polar surface area (TPSA) is 48.5 Å². The summed E-state index contributed by atoms with van der Waals surface area (Å²) in [7, 11) is 0. The van der Waals surface area contributed by atoms with Gasteiger partial charge >= 0.3 is 0 Å². The van der Waals surface area contributed by atoms with E-state index in [1.54, 1.807) is 12.3 Å². The van der Waals surface area contributed by atoms with Gasteiger partial charge in [-0.25, -0.2) is 4.98 Å². The second-order valence-corrected chi connectivity index (χ2v) is 6.63. The number of rotatable bonds is 6. The number of pyridine rings is 1. The van der Waals surface area contributed by atoms with Crippen molar-refractivity contribution in [2.24, 2.45) is 0 Å². The smallest absolute Gasteiger partial charge is 0.254 e. The van der Waals surface area contributed by atoms with Crippen LogP contribution in [0.1, 0.15) is 43.5 Å². The quantitative estimate of drug-likeness (QED) is 0.842. The summed E-state index contributed by atoms with van der Waals surface area (Å²) in [6.07, 6.45) is 5.57. The molecule has 0 spiro atoms. The molecule has 1 aliphatic rings. The zero-order valence-corrected chi connectivity index (χ0v) is 15.7. The van der Waals surface area contributed by atoms with E-state index >= 15 is 0 Å². The van der Waals surface area contributed by atoms with Crippen molar-refractivity contribution in [3.05, 3.63) is 48.2 Å². The van der Waals surface area contributed by atoms with Crippen LogP contribution >= 0.6 is 0 Å². The van der Waals surface area contributed by atoms with Gasteiger partial charge in [-0.3, -0.25) is 4.79 Å². The van der Waals surface area contributed by atoms with Gasteiger partial charge in [-0.1, -0.05) is 0 Å². The highest BCUT2D eigenvalue weighted by Gasteiger charge is 2.13. The Balaban J connectivity index is 1.69. The summed E-state index contributed by atoms with van der Waals surface area (Å²) in [6.45, 7) is 7.68. The predicted octanol–water partition coefficient (Wildman–Crippen LogP) is 4.30. The fraction of sp³-hybridized carbons (Fsp3) is 0.429. The number of benzene rings is 1. The van der Waals surface area contributed by atoms with E-state index < -0.39 is 0 Å². The van der Waals surface area contributed by atoms with Gasteiger partial charge in [0.2, 0.25) is 0 Å². The van der Waals surface area contributed by atoms with Crippen LogP contribution in [0.2, 0.25) is 0 Å². The summed E-state index contributed by atoms with van der Waals surface area (Å²) in [5.41, 5.74) is 2.91. The molecule has 138 valence electrons. The maximum absolute atomic E-state index is 12.5. The van der Waals surface area contributed by atoms with E-state index in [2.05, 4.69) is 39.5 Å². The Morgan fingerprint density at radius 3 is 2.42 bits per heavy atom. The molecule has 3 rings (SSSR count). The molecule has 1 fully saturated rings. The van der Waals surface area contributed by atoms with Crippen molar-refractivity contribution in [3.63, 3.8) is 0 Å². The van der Waals surface area contributed by atoms with Crippen LogP contribution in [0, 0.1) is 0 Å². The third kappa shape index (κ3) is 4.34. The highest BCUT2D eigenvalue weighted by molar-refractivity contribution is 5.95. The maximum Gasteiger partial charge on any atom is 0.254 e. The SMILES string of the molecule is CCN(CC)C(=O)c1ccnc(Nc2ccc(N3CCCCC3)cc2)c1. The molecule has 1 aromatic carbocycles. The fourth-order valence-electron chi connectivity index (χ4n) is 3.38. The summed E-state index contributed by atoms with van der Waals surface area (Å²) in [6, 6.07) is 12.0. The lowest BCUT2D eigenvalue weighted by molar-refractivity contribution is 0.0773. The van der Waals surface area contributed by atoms with Crippen molar-refractivity contribution in [3.8, 4) is 0 Å². The molecule has 5 nitrogen and oxygen atoms in total. The first-order valence-electron chi connectivity index (χ1n) is 9.58. The van der Waals surface area contributed by atoms with Gasteiger partial charge in [0.05, 0.1) is 0 Å². The lowest BCUT2D eigenvalue weighted by atomic mass is 10.1. The largest absolute Gasteiger partial charge is 0.372 e. The van der Waals surface area contributed by atoms with Gasteiger partial charge in [0.15, 0.2) is 0 Å². The minimum absolute atomic E-state index is 0.0425. The first kappa shape index (κ1) is 18.2. The second kappa shape index (κ2) is 8.70. The molecule has 1 N–H and O–H groups in total. The van der Waals surface area contributed by atoms with E-state index in [0.717, 1.165) is 18.8 Å². The van der Waals surface area contributed by atoms with Crippen LogP contribution in [0.4, 0.5) is 17.2 Å². The van der Waals surface area contributed by atoms with E-state index in [-0.39, 0.29) is 5.91 Å². The third-order valence-electron chi connectivity index (χ3n) is 4.92. The first-order chi connectivity index (χ1) is 12.7. The number of hydrogen-bond acceptors (Lipinski definition) is 4. The first-order valence-corrected chi connectivity index (χ1v) is 9.58. The molecule has 1 saturated heterocycles. The summed E-state index contributed by atoms with van der Waals surface area (Å²) in [5.74, 6) is 0.731. The molecule has 0 bridgehead atoms. The van der Waals surface area contributed by atoms with E-state index in [0.29, 0.717) is 24.5 Å². The van der Waals surface area contributed by atoms with Crippen LogP contribution in [0.15, 0.2) is 42.6 Å². The van der Waals surface area contributed by atoms with E-state index in [9.17, 15) is 4.79 Å². The Bertz CT molecular complexity index is 719. The van der Waals surface area contributed by atoms with Crippen LogP contribution in [0.5, 0.6) is 0 Å². The van der Waals surface area contributed by atoms with E-state index in [4.69, 9.17) is 0 Å². The average Bonchev–Trinajstić information content (AvgIpc) is 2.70. The Hall–Kier alpha value is -2.56. The van der Waals surface area contributed by atoms with Crippen LogP contribution in [0.25, 0.3) is 0 Å². The highest BCUT2D eigenvalue weighted by atomic mass is 16.2. The number of hydrogen-bond donors (Lipinski definition) is 1. The molecular formula is C21H28N4O. The van der Waals surface area contributed by atoms with Crippen molar-refractivity contribution < 1.29 is 4.79 Å². The van der Waals surface area contributed by atoms with Crippen LogP contribution in [-0.2, 0) is 0 Å². The summed E-state index contributed by atoms with van der Waals surface area (Å²) in [5, 5.41) is 3.30. The molecule has 2 heterocycles. The van der Waals surface area contributed by atoms with E-state index in [1.165, 1.54) is 24.9 Å². The van der Waals surface area contributed by atoms with Gasteiger partial charge < -0.3 is 15.1 Å². The molecule has 0 atom stereocenters. The van der Waals surface area contributed by atoms with E-state index in [1.807, 2.05) is 24.8 Å². The molecule has 0 saturated carbocycles. The number of carbonyl (C=O) groups excluding carboxylic acids is 1. The molecule has 5 heteroatoms. The number of anilines is 3. The van der Waals surface area contributed by atoms with Crippen molar-refractivity contribution >= 4 is 23.1 Å². The molecule has 0 radical (unpaired) electrons. The monoisotopic (exact) mass is 352 g/mol. The number of amides is 1. The molecule has 1 aromatic heterocycles. The molecule has 26 heavy (non-hydrogen) atoms. The number of carbonyl (C=O) groups is 1. The Labute approximate surface area is 156 Å². The van der Waals surface area contributed by atoms with Crippen molar-refractivity contribution in [1.29, 1.82) is 0 Å². The molecule has 1 amide bonds. The van der Waals surface area contributed by atoms with Crippen molar-refractivity contribution in [2.45, 2.75) is 33.1 Å². The number of aromatic nitrogens is 1. The zero-order chi connectivity index (χ0) is 18.4. The van der Waals surface area contributed by atoms with Crippen LogP contribution < -0.4 is 10.2 Å². The average molecular weight is 352 g/mol. The molecule has 0 unspecified atom stereocenters. The summed E-state index contributed by atoms with van der Waals surface area (Å²) < 4.78 is 0. The standard InChI is InChI=1S/C21H28N4O/c1-3-24(4-2)21(26)17-12-13-22-20(16-17)23-18-8-10-19(11-9-18)25-14-6-5-7-15-25/h8-13,16H,3-7,14-15H2,1-2H3,(H,22,23). The number of piperidine rings is 1. The summed E-state index contributed by atoms with van der Waals surface area (Å²) in [4.78, 5) is 21.1. The van der Waals surface area contributed by atoms with Crippen LogP contribution in [-0.4, -0.2) is 42.0 Å². The minimum atomic E-state index is 0.0425. The summed E-state index contributed by atoms with van der Waals surface area (Å²) >= 11 is 0. The zero-order valence-electron chi connectivity index (χ0n) is 15.7. The van der Waals surface area contributed by atoms with Gasteiger partial charge in [0, 0.05) is 49.3 Å². The molecule has 0 aliphatic carbocycles. The third-order valence-corrected chi connectivity index (χ3v) is 4.92. The Kier molecular flexibility index (Phi) is 6.10. The van der Waals surface area contributed by atoms with Gasteiger partial charge in [-0.2, -0.15) is 0 Å². The van der Waals surface area contributed by atoms with Gasteiger partial charge in [-0.15, -0.1) is 0 Å². The second-order valence-electron chi connectivity index (χ2n) is 6.63. The number of nitrogens with zero attached hydrogens (tertiary/aromatic N) is 3. The van der Waals surface area contributed by atoms with Gasteiger partial charge in [0.25, 0.3) is 5.91 Å². The Morgan fingerprint density at radius 1 is 1.08 bits per heavy atom. The minimum Gasteiger partial charge on any atom is -0.372 e. The lowest BCUT2D eigenvalue weighted by Crippen LogP contribution is -2.30. The maximum atomic E-state index is 12.5. The fourth-order valence-corrected chi connectivity index (χ4v) is 3.38. The van der Waals surface area contributed by atoms with Crippen molar-refractivity contribution in [2.75, 3.05) is 36.4 Å². The van der Waals surface area contributed by atoms with Gasteiger partial charge in [-0.05, 0) is 69.5 Å². The molecule has 1 aliphatic heterocycles. The van der Waals surface area contributed by atoms with Crippen molar-refractivity contribution in [1.82, 2.24) is 9.88 Å². The number of nitrogens with one attached hydrogen (secondary N) is 1. The molecule has 2 aromatic rings. The Morgan fingerprint density at radius 2 is 1.77 bits per heavy atom. The predicted molar refractivity (Wildman–Crippen MR) is 107 cm³/mol. The normalized spacial score (nSPS) is 14.2. The molecular weight excluding hydrogens is 324 g/mol. The van der Waals surface area contributed by atoms with Crippen LogP contribution in [0.3, 0.4) is 0 Å². The highest BCUT2D eigenvalue weighted by Crippen LogP contribution is 2.23.